The van der Waals surface area contributed by atoms with Crippen molar-refractivity contribution in [2.24, 2.45) is 0 Å². The average Bonchev–Trinajstić information content (AvgIpc) is 3.98. The van der Waals surface area contributed by atoms with Crippen molar-refractivity contribution in [3.63, 3.8) is 0 Å². The van der Waals surface area contributed by atoms with Crippen molar-refractivity contribution >= 4 is 45.9 Å². The predicted molar refractivity (Wildman–Crippen MR) is 280 cm³/mol. The Bertz CT molecular complexity index is 3510. The van der Waals surface area contributed by atoms with Crippen LogP contribution in [0.25, 0.3) is 33.7 Å². The van der Waals surface area contributed by atoms with Gasteiger partial charge in [-0.2, -0.15) is 0 Å². The molecule has 1 N–H and O–H groups in total. The van der Waals surface area contributed by atoms with Crippen molar-refractivity contribution in [3.8, 4) is 28.4 Å². The molecule has 4 aromatic carbocycles. The predicted octanol–water partition coefficient (Wildman–Crippen LogP) is 12.9. The summed E-state index contributed by atoms with van der Waals surface area (Å²) in [5.41, 5.74) is 9.54. The molecule has 0 saturated carbocycles. The molecule has 2 aliphatic rings. The third kappa shape index (κ3) is 13.1. The first-order valence-corrected chi connectivity index (χ1v) is 24.7. The number of ether oxygens (including phenoxy) is 1. The molecule has 0 spiro atoms. The third-order valence-corrected chi connectivity index (χ3v) is 13.4. The fourth-order valence-electron chi connectivity index (χ4n) is 9.60. The summed E-state index contributed by atoms with van der Waals surface area (Å²) in [7, 11) is 1.55. The van der Waals surface area contributed by atoms with Gasteiger partial charge in [0.05, 0.1) is 35.6 Å². The Hall–Kier alpha value is -7.94. The van der Waals surface area contributed by atoms with Gasteiger partial charge in [0.15, 0.2) is 0 Å². The summed E-state index contributed by atoms with van der Waals surface area (Å²) in [6, 6.07) is 28.0. The van der Waals surface area contributed by atoms with E-state index in [4.69, 9.17) is 27.9 Å². The number of hydrogen-bond acceptors (Lipinski definition) is 9. The molecule has 0 fully saturated rings. The Kier molecular flexibility index (Phi) is 16.3. The molecule has 4 aromatic heterocycles. The maximum atomic E-state index is 14.0. The highest BCUT2D eigenvalue weighted by Gasteiger charge is 2.28. The monoisotopic (exact) mass is 1050 g/mol. The molecule has 10 nitrogen and oxygen atoms in total. The summed E-state index contributed by atoms with van der Waals surface area (Å²) in [4.78, 5) is 64.2. The standard InChI is InChI=1S/C30H24ClF2N3O2.C29H22ClF2N3O2/c1-38-27-9-6-19-2-3-21(28(19)36-27)15-26(37)16-22(12-18-13-24(32)17-25(33)14-18)30-29(34-10-11-35-30)20-4-7-23(31)8-5-20;30-22-6-3-19(4-7-22)28-29(34-10-9-33-28)21(11-17-12-23(31)16-24(32)13-17)15-25(36)14-20-2-1-18-5-8-26(37)35-27(18)20/h3-11,13-14,17,22H,2,12,15-16H2,1H3;2-10,12-13,16,21H,1,11,14-15H2,(H,35,37)/t22-;21-/m11/s1. The van der Waals surface area contributed by atoms with E-state index >= 15 is 0 Å². The number of methoxy groups -OCH3 is 1. The van der Waals surface area contributed by atoms with Crippen LogP contribution in [0.2, 0.25) is 10.0 Å². The lowest BCUT2D eigenvalue weighted by Crippen LogP contribution is -2.14. The third-order valence-electron chi connectivity index (χ3n) is 12.9. The number of Topliss-reactive ketones (excluding diaryl/α,β-unsaturated/α-hetero) is 2. The number of nitrogens with one attached hydrogen (secondary N) is 1. The smallest absolute Gasteiger partial charge is 0.248 e. The molecule has 378 valence electrons. The first-order chi connectivity index (χ1) is 36.2. The summed E-state index contributed by atoms with van der Waals surface area (Å²) in [6.45, 7) is 0. The van der Waals surface area contributed by atoms with Crippen LogP contribution >= 0.6 is 23.2 Å². The molecule has 4 heterocycles. The molecule has 0 saturated heterocycles. The van der Waals surface area contributed by atoms with Gasteiger partial charge in [-0.3, -0.25) is 34.3 Å². The number of aromatic amines is 1. The van der Waals surface area contributed by atoms with Gasteiger partial charge in [0.1, 0.15) is 34.8 Å². The first kappa shape index (κ1) is 51.9. The van der Waals surface area contributed by atoms with E-state index in [1.807, 2.05) is 42.5 Å². The molecule has 75 heavy (non-hydrogen) atoms. The number of carbonyl (C=O) groups excluding carboxylic acids is 2. The van der Waals surface area contributed by atoms with Gasteiger partial charge in [0.2, 0.25) is 11.4 Å². The fraction of sp³-hybridized carbons (Fsp3) is 0.186. The zero-order valence-corrected chi connectivity index (χ0v) is 41.8. The molecule has 0 amide bonds. The Balaban J connectivity index is 0.000000184. The summed E-state index contributed by atoms with van der Waals surface area (Å²) >= 11 is 12.1. The normalized spacial score (nSPS) is 13.2. The molecule has 10 rings (SSSR count). The van der Waals surface area contributed by atoms with Crippen LogP contribution in [-0.4, -0.2) is 48.6 Å². The van der Waals surface area contributed by atoms with Crippen LogP contribution in [0.4, 0.5) is 17.6 Å². The maximum Gasteiger partial charge on any atom is 0.248 e. The molecule has 0 unspecified atom stereocenters. The van der Waals surface area contributed by atoms with E-state index in [0.717, 1.165) is 51.2 Å². The molecule has 0 aliphatic heterocycles. The van der Waals surface area contributed by atoms with Gasteiger partial charge in [0, 0.05) is 113 Å². The second-order valence-electron chi connectivity index (χ2n) is 18.2. The van der Waals surface area contributed by atoms with E-state index in [0.29, 0.717) is 68.4 Å². The summed E-state index contributed by atoms with van der Waals surface area (Å²) in [5.74, 6) is -3.32. The van der Waals surface area contributed by atoms with E-state index in [1.165, 1.54) is 30.3 Å². The van der Waals surface area contributed by atoms with Crippen LogP contribution in [0.3, 0.4) is 0 Å². The van der Waals surface area contributed by atoms with E-state index in [9.17, 15) is 31.9 Å². The number of rotatable bonds is 17. The van der Waals surface area contributed by atoms with Gasteiger partial charge in [0.25, 0.3) is 0 Å². The van der Waals surface area contributed by atoms with Crippen molar-refractivity contribution < 1.29 is 31.9 Å². The van der Waals surface area contributed by atoms with Gasteiger partial charge in [-0.05, 0) is 108 Å². The van der Waals surface area contributed by atoms with E-state index in [2.05, 4.69) is 29.9 Å². The maximum absolute atomic E-state index is 14.0. The highest BCUT2D eigenvalue weighted by molar-refractivity contribution is 6.31. The van der Waals surface area contributed by atoms with E-state index in [-0.39, 0.29) is 55.7 Å². The number of pyridine rings is 2. The van der Waals surface area contributed by atoms with Gasteiger partial charge in [-0.1, -0.05) is 71.8 Å². The second kappa shape index (κ2) is 23.5. The minimum Gasteiger partial charge on any atom is -0.481 e. The Morgan fingerprint density at radius 3 is 1.53 bits per heavy atom. The topological polar surface area (TPSA) is 141 Å². The van der Waals surface area contributed by atoms with E-state index in [1.54, 1.807) is 68.3 Å². The minimum atomic E-state index is -0.686. The summed E-state index contributed by atoms with van der Waals surface area (Å²) in [5, 5.41) is 1.15. The van der Waals surface area contributed by atoms with Crippen molar-refractivity contribution in [3.05, 3.63) is 235 Å². The van der Waals surface area contributed by atoms with Gasteiger partial charge in [-0.15, -0.1) is 0 Å². The van der Waals surface area contributed by atoms with Crippen LogP contribution in [-0.2, 0) is 35.3 Å². The SMILES string of the molecule is COc1ccc2c(n1)C(CC(=O)C[C@@H](Cc1cc(F)cc(F)c1)c1nccnc1-c1ccc(Cl)cc1)=CC2.O=C(CC1=CCc2ccc(=O)[nH]c21)C[C@@H](Cc1cc(F)cc(F)c1)c1nccnc1-c1ccc(Cl)cc1. The highest BCUT2D eigenvalue weighted by atomic mass is 35.5. The molecule has 2 aliphatic carbocycles. The lowest BCUT2D eigenvalue weighted by molar-refractivity contribution is -0.119. The summed E-state index contributed by atoms with van der Waals surface area (Å²) in [6.07, 6.45) is 12.4. The number of halogens is 6. The number of ketones is 2. The van der Waals surface area contributed by atoms with Crippen LogP contribution in [0.1, 0.15) is 82.5 Å². The molecule has 16 heteroatoms. The molecule has 2 atom stereocenters. The Morgan fingerprint density at radius 2 is 1.03 bits per heavy atom. The Morgan fingerprint density at radius 1 is 0.573 bits per heavy atom. The average molecular weight is 1050 g/mol. The van der Waals surface area contributed by atoms with Gasteiger partial charge < -0.3 is 9.72 Å². The summed E-state index contributed by atoms with van der Waals surface area (Å²) < 4.78 is 61.3. The molecule has 0 radical (unpaired) electrons. The van der Waals surface area contributed by atoms with Crippen LogP contribution in [0.5, 0.6) is 5.88 Å². The van der Waals surface area contributed by atoms with Crippen LogP contribution in [0, 0.1) is 23.3 Å². The van der Waals surface area contributed by atoms with E-state index < -0.39 is 35.1 Å². The molecular weight excluding hydrogens is 1000 g/mol. The van der Waals surface area contributed by atoms with Gasteiger partial charge in [-0.25, -0.2) is 22.5 Å². The number of allylic oxidation sites excluding steroid dienone is 4. The number of H-pyrrole nitrogens is 1. The second-order valence-corrected chi connectivity index (χ2v) is 19.1. The number of benzene rings is 4. The zero-order chi connectivity index (χ0) is 52.6. The number of aromatic nitrogens is 6. The lowest BCUT2D eigenvalue weighted by Gasteiger charge is -2.19. The van der Waals surface area contributed by atoms with Gasteiger partial charge >= 0.3 is 0 Å². The van der Waals surface area contributed by atoms with Crippen LogP contribution in [0.15, 0.2) is 151 Å². The highest BCUT2D eigenvalue weighted by Crippen LogP contribution is 2.37. The molecule has 8 aromatic rings. The number of carbonyl (C=O) groups is 2. The first-order valence-electron chi connectivity index (χ1n) is 24.0. The fourth-order valence-corrected chi connectivity index (χ4v) is 9.85. The minimum absolute atomic E-state index is 0.0386. The number of fused-ring (bicyclic) bond motifs is 2. The van der Waals surface area contributed by atoms with Crippen molar-refractivity contribution in [1.29, 1.82) is 0 Å². The van der Waals surface area contributed by atoms with Crippen LogP contribution < -0.4 is 10.3 Å². The van der Waals surface area contributed by atoms with Crippen molar-refractivity contribution in [2.45, 2.75) is 63.2 Å². The molecule has 0 bridgehead atoms. The number of nitrogens with zero attached hydrogens (tertiary/aromatic N) is 5. The molecular formula is C59H46Cl2F4N6O4. The zero-order valence-electron chi connectivity index (χ0n) is 40.3. The van der Waals surface area contributed by atoms with Crippen molar-refractivity contribution in [2.75, 3.05) is 7.11 Å². The number of hydrogen-bond donors (Lipinski definition) is 1. The quantitative estimate of drug-likeness (QED) is 0.0882. The Labute approximate surface area is 439 Å². The largest absolute Gasteiger partial charge is 0.481 e. The van der Waals surface area contributed by atoms with Crippen molar-refractivity contribution in [1.82, 2.24) is 29.9 Å². The lowest BCUT2D eigenvalue weighted by atomic mass is 9.87.